The average molecular weight is 457 g/mol. The molecule has 0 bridgehead atoms. The van der Waals surface area contributed by atoms with Crippen LogP contribution in [-0.2, 0) is 16.1 Å². The van der Waals surface area contributed by atoms with Gasteiger partial charge in [-0.2, -0.15) is 4.98 Å². The van der Waals surface area contributed by atoms with E-state index >= 15 is 0 Å². The number of nitrogen functional groups attached to an aromatic ring is 1. The zero-order chi connectivity index (χ0) is 23.4. The summed E-state index contributed by atoms with van der Waals surface area (Å²) in [6, 6.07) is 0. The van der Waals surface area contributed by atoms with Crippen LogP contribution in [0.5, 0.6) is 5.75 Å². The lowest BCUT2D eigenvalue weighted by atomic mass is 10.1. The van der Waals surface area contributed by atoms with Crippen LogP contribution in [0.2, 0.25) is 5.15 Å². The van der Waals surface area contributed by atoms with Gasteiger partial charge in [0.25, 0.3) is 0 Å². The van der Waals surface area contributed by atoms with Crippen molar-refractivity contribution in [2.24, 2.45) is 0 Å². The molecule has 168 valence electrons. The minimum Gasteiger partial charge on any atom is -0.496 e. The van der Waals surface area contributed by atoms with Gasteiger partial charge in [0.15, 0.2) is 6.61 Å². The van der Waals surface area contributed by atoms with E-state index in [1.165, 1.54) is 0 Å². The summed E-state index contributed by atoms with van der Waals surface area (Å²) in [4.78, 5) is 26.4. The first kappa shape index (κ1) is 23.3. The van der Waals surface area contributed by atoms with Gasteiger partial charge in [0.05, 0.1) is 36.8 Å². The van der Waals surface area contributed by atoms with Crippen molar-refractivity contribution in [1.29, 1.82) is 0 Å². The first-order valence-corrected chi connectivity index (χ1v) is 10.2. The molecule has 0 aromatic carbocycles. The van der Waals surface area contributed by atoms with Gasteiger partial charge >= 0.3 is 5.97 Å². The summed E-state index contributed by atoms with van der Waals surface area (Å²) in [5, 5.41) is 0.774. The van der Waals surface area contributed by atoms with Gasteiger partial charge in [-0.15, -0.1) is 0 Å². The van der Waals surface area contributed by atoms with Gasteiger partial charge in [0.1, 0.15) is 16.5 Å². The lowest BCUT2D eigenvalue weighted by Crippen LogP contribution is -2.23. The molecule has 3 aromatic heterocycles. The summed E-state index contributed by atoms with van der Waals surface area (Å²) in [5.74, 6) is 6.34. The van der Waals surface area contributed by atoms with E-state index < -0.39 is 0 Å². The Bertz CT molecular complexity index is 1230. The molecule has 3 rings (SSSR count). The highest BCUT2D eigenvalue weighted by molar-refractivity contribution is 6.34. The number of carbonyl (C=O) groups excluding carboxylic acids is 1. The Balaban J connectivity index is 1.96. The second-order valence-corrected chi connectivity index (χ2v) is 7.85. The number of aryl methyl sites for hydroxylation is 1. The molecule has 0 unspecified atom stereocenters. The second-order valence-electron chi connectivity index (χ2n) is 7.49. The Morgan fingerprint density at radius 1 is 1.31 bits per heavy atom. The number of hydrogen-bond acceptors (Lipinski definition) is 8. The van der Waals surface area contributed by atoms with Gasteiger partial charge in [-0.3, -0.25) is 14.7 Å². The van der Waals surface area contributed by atoms with Crippen LogP contribution < -0.4 is 10.5 Å². The molecule has 0 aliphatic carbocycles. The standard InChI is InChI=1S/C22H25ClN6O3/c1-13-9-25-16(14(2)19(13)31-5)11-29-10-15(7-6-8-32-17(30)12-28(3)4)18-20(23)26-22(24)27-21(18)29/h9-10H,8,11-12H2,1-5H3,(H2,24,26,27). The predicted molar refractivity (Wildman–Crippen MR) is 123 cm³/mol. The number of nitrogens with two attached hydrogens (primary N) is 1. The molecule has 3 aromatic rings. The van der Waals surface area contributed by atoms with Gasteiger partial charge in [-0.25, -0.2) is 4.98 Å². The van der Waals surface area contributed by atoms with Gasteiger partial charge in [-0.1, -0.05) is 23.4 Å². The minimum atomic E-state index is -0.351. The van der Waals surface area contributed by atoms with Crippen LogP contribution in [0.25, 0.3) is 11.0 Å². The monoisotopic (exact) mass is 456 g/mol. The number of fused-ring (bicyclic) bond motifs is 1. The topological polar surface area (TPSA) is 108 Å². The maximum absolute atomic E-state index is 11.7. The first-order chi connectivity index (χ1) is 15.2. The lowest BCUT2D eigenvalue weighted by molar-refractivity contribution is -0.142. The predicted octanol–water partition coefficient (Wildman–Crippen LogP) is 2.19. The molecule has 0 saturated carbocycles. The highest BCUT2D eigenvalue weighted by Gasteiger charge is 2.17. The molecule has 0 aliphatic heterocycles. The minimum absolute atomic E-state index is 0.0391. The maximum atomic E-state index is 11.7. The van der Waals surface area contributed by atoms with Crippen molar-refractivity contribution in [3.63, 3.8) is 0 Å². The van der Waals surface area contributed by atoms with E-state index in [-0.39, 0.29) is 30.2 Å². The number of carbonyl (C=O) groups is 1. The third-order valence-electron chi connectivity index (χ3n) is 4.73. The number of nitrogens with zero attached hydrogens (tertiary/aromatic N) is 5. The highest BCUT2D eigenvalue weighted by Crippen LogP contribution is 2.29. The number of aromatic nitrogens is 4. The van der Waals surface area contributed by atoms with Crippen LogP contribution in [0, 0.1) is 25.7 Å². The molecule has 0 saturated heterocycles. The Hall–Kier alpha value is -3.35. The normalized spacial score (nSPS) is 10.8. The number of methoxy groups -OCH3 is 1. The van der Waals surface area contributed by atoms with Crippen molar-refractivity contribution in [2.45, 2.75) is 20.4 Å². The SMILES string of the molecule is COc1c(C)cnc(Cn2cc(C#CCOC(=O)CN(C)C)c3c(Cl)nc(N)nc32)c1C. The molecule has 9 nitrogen and oxygen atoms in total. The zero-order valence-electron chi connectivity index (χ0n) is 18.7. The van der Waals surface area contributed by atoms with E-state index in [1.807, 2.05) is 24.6 Å². The van der Waals surface area contributed by atoms with Crippen LogP contribution in [0.4, 0.5) is 5.95 Å². The Kier molecular flexibility index (Phi) is 7.18. The van der Waals surface area contributed by atoms with Crippen molar-refractivity contribution in [3.8, 4) is 17.6 Å². The molecule has 10 heteroatoms. The number of esters is 1. The van der Waals surface area contributed by atoms with Crippen LogP contribution in [-0.4, -0.2) is 64.7 Å². The summed E-state index contributed by atoms with van der Waals surface area (Å²) < 4.78 is 12.5. The number of rotatable bonds is 6. The summed E-state index contributed by atoms with van der Waals surface area (Å²) in [6.07, 6.45) is 3.58. The second kappa shape index (κ2) is 9.85. The zero-order valence-corrected chi connectivity index (χ0v) is 19.4. The van der Waals surface area contributed by atoms with Crippen molar-refractivity contribution < 1.29 is 14.3 Å². The van der Waals surface area contributed by atoms with E-state index in [4.69, 9.17) is 26.8 Å². The van der Waals surface area contributed by atoms with E-state index in [1.54, 1.807) is 32.3 Å². The molecule has 32 heavy (non-hydrogen) atoms. The summed E-state index contributed by atoms with van der Waals surface area (Å²) >= 11 is 6.37. The number of ether oxygens (including phenoxy) is 2. The van der Waals surface area contributed by atoms with E-state index in [9.17, 15) is 4.79 Å². The van der Waals surface area contributed by atoms with Crippen LogP contribution in [0.1, 0.15) is 22.4 Å². The molecule has 0 spiro atoms. The molecule has 0 radical (unpaired) electrons. The van der Waals surface area contributed by atoms with E-state index in [2.05, 4.69) is 26.8 Å². The molecular weight excluding hydrogens is 432 g/mol. The molecule has 0 atom stereocenters. The van der Waals surface area contributed by atoms with Gasteiger partial charge < -0.3 is 19.8 Å². The maximum Gasteiger partial charge on any atom is 0.321 e. The molecular formula is C22H25ClN6O3. The summed E-state index contributed by atoms with van der Waals surface area (Å²) in [6.45, 7) is 4.46. The largest absolute Gasteiger partial charge is 0.496 e. The van der Waals surface area contributed by atoms with Crippen molar-refractivity contribution >= 4 is 34.6 Å². The Morgan fingerprint density at radius 2 is 2.06 bits per heavy atom. The number of likely N-dealkylation sites (N-methyl/N-ethyl adjacent to an activating group) is 1. The quantitative estimate of drug-likeness (QED) is 0.341. The van der Waals surface area contributed by atoms with Crippen LogP contribution in [0.15, 0.2) is 12.4 Å². The number of anilines is 1. The van der Waals surface area contributed by atoms with Crippen LogP contribution in [0.3, 0.4) is 0 Å². The first-order valence-electron chi connectivity index (χ1n) is 9.81. The number of halogens is 1. The van der Waals surface area contributed by atoms with Crippen molar-refractivity contribution in [2.75, 3.05) is 40.1 Å². The fourth-order valence-electron chi connectivity index (χ4n) is 3.32. The molecule has 3 heterocycles. The van der Waals surface area contributed by atoms with Gasteiger partial charge in [-0.05, 0) is 27.9 Å². The number of pyridine rings is 1. The lowest BCUT2D eigenvalue weighted by Gasteiger charge is -2.13. The van der Waals surface area contributed by atoms with Crippen molar-refractivity contribution in [1.82, 2.24) is 24.4 Å². The van der Waals surface area contributed by atoms with E-state index in [0.29, 0.717) is 23.1 Å². The molecule has 0 aliphatic rings. The molecule has 0 fully saturated rings. The fourth-order valence-corrected chi connectivity index (χ4v) is 3.59. The third kappa shape index (κ3) is 5.10. The molecule has 2 N–H and O–H groups in total. The summed E-state index contributed by atoms with van der Waals surface area (Å²) in [5.41, 5.74) is 9.68. The van der Waals surface area contributed by atoms with Crippen molar-refractivity contribution in [3.05, 3.63) is 39.9 Å². The van der Waals surface area contributed by atoms with Crippen LogP contribution >= 0.6 is 11.6 Å². The Labute approximate surface area is 191 Å². The smallest absolute Gasteiger partial charge is 0.321 e. The van der Waals surface area contributed by atoms with Gasteiger partial charge in [0, 0.05) is 23.5 Å². The highest BCUT2D eigenvalue weighted by atomic mass is 35.5. The Morgan fingerprint density at radius 3 is 2.75 bits per heavy atom. The fraction of sp³-hybridized carbons (Fsp3) is 0.364. The third-order valence-corrected chi connectivity index (χ3v) is 5.01. The number of hydrogen-bond donors (Lipinski definition) is 1. The van der Waals surface area contributed by atoms with E-state index in [0.717, 1.165) is 22.6 Å². The van der Waals surface area contributed by atoms with Gasteiger partial charge in [0.2, 0.25) is 5.95 Å². The molecule has 0 amide bonds. The average Bonchev–Trinajstić information content (AvgIpc) is 3.05. The summed E-state index contributed by atoms with van der Waals surface area (Å²) in [7, 11) is 5.21.